The molecule has 0 radical (unpaired) electrons. The molecule has 0 bridgehead atoms. The maximum atomic E-state index is 4.30. The van der Waals surface area contributed by atoms with E-state index < -0.39 is 0 Å². The Morgan fingerprint density at radius 2 is 2.12 bits per heavy atom. The molecule has 1 aliphatic carbocycles. The average molecular weight is 221 g/mol. The molecular weight excluding hydrogens is 198 g/mol. The molecule has 0 saturated heterocycles. The molecule has 1 heterocycles. The van der Waals surface area contributed by atoms with Crippen molar-refractivity contribution in [3.05, 3.63) is 11.9 Å². The molecule has 2 N–H and O–H groups in total. The molecule has 90 valence electrons. The molecule has 3 nitrogen and oxygen atoms in total. The molecule has 0 unspecified atom stereocenters. The zero-order valence-corrected chi connectivity index (χ0v) is 10.4. The number of aromatic amines is 1. The third-order valence-electron chi connectivity index (χ3n) is 3.59. The smallest absolute Gasteiger partial charge is 0.200 e. The quantitative estimate of drug-likeness (QED) is 0.817. The highest BCUT2D eigenvalue weighted by molar-refractivity contribution is 5.27. The minimum Gasteiger partial charge on any atom is -0.353 e. The van der Waals surface area contributed by atoms with E-state index in [-0.39, 0.29) is 0 Å². The van der Waals surface area contributed by atoms with Crippen molar-refractivity contribution in [3.8, 4) is 0 Å². The molecule has 1 fully saturated rings. The average Bonchev–Trinajstić information content (AvgIpc) is 2.67. The lowest BCUT2D eigenvalue weighted by Crippen LogP contribution is -2.26. The monoisotopic (exact) mass is 221 g/mol. The normalized spacial score (nSPS) is 25.6. The van der Waals surface area contributed by atoms with Gasteiger partial charge in [0.1, 0.15) is 0 Å². The third-order valence-corrected chi connectivity index (χ3v) is 3.59. The summed E-state index contributed by atoms with van der Waals surface area (Å²) < 4.78 is 0. The lowest BCUT2D eigenvalue weighted by atomic mass is 9.83. The molecule has 0 atom stereocenters. The van der Waals surface area contributed by atoms with Gasteiger partial charge in [0.05, 0.1) is 0 Å². The van der Waals surface area contributed by atoms with E-state index in [0.29, 0.717) is 6.04 Å². The molecular formula is C13H23N3. The number of rotatable bonds is 4. The predicted molar refractivity (Wildman–Crippen MR) is 67.6 cm³/mol. The van der Waals surface area contributed by atoms with E-state index in [2.05, 4.69) is 22.2 Å². The third kappa shape index (κ3) is 3.00. The Morgan fingerprint density at radius 1 is 1.38 bits per heavy atom. The van der Waals surface area contributed by atoms with Gasteiger partial charge in [-0.1, -0.05) is 19.8 Å². The van der Waals surface area contributed by atoms with Crippen LogP contribution in [-0.4, -0.2) is 16.0 Å². The first-order valence-corrected chi connectivity index (χ1v) is 6.56. The first-order valence-electron chi connectivity index (χ1n) is 6.56. The summed E-state index contributed by atoms with van der Waals surface area (Å²) in [5, 5.41) is 3.50. The zero-order valence-electron chi connectivity index (χ0n) is 10.4. The van der Waals surface area contributed by atoms with Crippen LogP contribution in [-0.2, 0) is 0 Å². The Labute approximate surface area is 98.1 Å². The fraction of sp³-hybridized carbons (Fsp3) is 0.769. The van der Waals surface area contributed by atoms with Gasteiger partial charge in [0.2, 0.25) is 5.95 Å². The van der Waals surface area contributed by atoms with Crippen LogP contribution in [0.3, 0.4) is 0 Å². The molecule has 1 aromatic heterocycles. The Bertz CT molecular complexity index is 311. The summed E-state index contributed by atoms with van der Waals surface area (Å²) >= 11 is 0. The molecule has 3 heteroatoms. The molecule has 0 aliphatic heterocycles. The first kappa shape index (κ1) is 11.5. The van der Waals surface area contributed by atoms with E-state index in [9.17, 15) is 0 Å². The highest BCUT2D eigenvalue weighted by atomic mass is 15.1. The standard InChI is InChI=1S/C13H23N3/c1-3-4-11-5-7-12(8-6-11)16-13-14-9-10(2)15-13/h9,11-12H,3-8H2,1-2H3,(H2,14,15,16). The number of aryl methyl sites for hydroxylation is 1. The van der Waals surface area contributed by atoms with Crippen LogP contribution in [0.2, 0.25) is 0 Å². The van der Waals surface area contributed by atoms with Crippen molar-refractivity contribution in [3.63, 3.8) is 0 Å². The molecule has 0 aromatic carbocycles. The van der Waals surface area contributed by atoms with E-state index in [0.717, 1.165) is 17.6 Å². The van der Waals surface area contributed by atoms with Crippen LogP contribution in [0.25, 0.3) is 0 Å². The molecule has 0 spiro atoms. The van der Waals surface area contributed by atoms with Gasteiger partial charge in [-0.05, 0) is 38.5 Å². The van der Waals surface area contributed by atoms with E-state index in [1.165, 1.54) is 38.5 Å². The summed E-state index contributed by atoms with van der Waals surface area (Å²) in [4.78, 5) is 7.54. The van der Waals surface area contributed by atoms with Crippen LogP contribution in [0.5, 0.6) is 0 Å². The second kappa shape index (κ2) is 5.37. The number of H-pyrrole nitrogens is 1. The van der Waals surface area contributed by atoms with Gasteiger partial charge < -0.3 is 10.3 Å². The number of nitrogens with one attached hydrogen (secondary N) is 2. The van der Waals surface area contributed by atoms with Crippen molar-refractivity contribution in [2.24, 2.45) is 5.92 Å². The van der Waals surface area contributed by atoms with E-state index in [4.69, 9.17) is 0 Å². The fourth-order valence-electron chi connectivity index (χ4n) is 2.68. The summed E-state index contributed by atoms with van der Waals surface area (Å²) in [6.07, 6.45) is 9.98. The number of hydrogen-bond donors (Lipinski definition) is 2. The Morgan fingerprint density at radius 3 is 2.69 bits per heavy atom. The minimum absolute atomic E-state index is 0.624. The van der Waals surface area contributed by atoms with Gasteiger partial charge in [-0.15, -0.1) is 0 Å². The van der Waals surface area contributed by atoms with Gasteiger partial charge in [0, 0.05) is 17.9 Å². The van der Waals surface area contributed by atoms with Crippen molar-refractivity contribution in [1.29, 1.82) is 0 Å². The number of imidazole rings is 1. The van der Waals surface area contributed by atoms with E-state index in [1.807, 2.05) is 13.1 Å². The number of nitrogens with zero attached hydrogens (tertiary/aromatic N) is 1. The van der Waals surface area contributed by atoms with Crippen LogP contribution < -0.4 is 5.32 Å². The lowest BCUT2D eigenvalue weighted by molar-refractivity contribution is 0.318. The van der Waals surface area contributed by atoms with E-state index in [1.54, 1.807) is 0 Å². The molecule has 1 saturated carbocycles. The first-order chi connectivity index (χ1) is 7.78. The van der Waals surface area contributed by atoms with Gasteiger partial charge in [0.25, 0.3) is 0 Å². The predicted octanol–water partition coefficient (Wildman–Crippen LogP) is 3.49. The Hall–Kier alpha value is -0.990. The van der Waals surface area contributed by atoms with Crippen molar-refractivity contribution in [2.75, 3.05) is 5.32 Å². The van der Waals surface area contributed by atoms with Gasteiger partial charge in [-0.2, -0.15) is 0 Å². The van der Waals surface area contributed by atoms with Gasteiger partial charge in [-0.3, -0.25) is 0 Å². The van der Waals surface area contributed by atoms with Crippen LogP contribution in [0.1, 0.15) is 51.1 Å². The Balaban J connectivity index is 1.77. The molecule has 0 amide bonds. The second-order valence-electron chi connectivity index (χ2n) is 5.07. The second-order valence-corrected chi connectivity index (χ2v) is 5.07. The fourth-order valence-corrected chi connectivity index (χ4v) is 2.68. The summed E-state index contributed by atoms with van der Waals surface area (Å²) in [5.41, 5.74) is 1.13. The SMILES string of the molecule is CCCC1CCC(Nc2ncc(C)[nH]2)CC1. The highest BCUT2D eigenvalue weighted by Gasteiger charge is 2.20. The van der Waals surface area contributed by atoms with Crippen LogP contribution in [0.4, 0.5) is 5.95 Å². The largest absolute Gasteiger partial charge is 0.353 e. The Kier molecular flexibility index (Phi) is 3.86. The van der Waals surface area contributed by atoms with Crippen molar-refractivity contribution in [1.82, 2.24) is 9.97 Å². The van der Waals surface area contributed by atoms with Crippen molar-refractivity contribution >= 4 is 5.95 Å². The summed E-state index contributed by atoms with van der Waals surface area (Å²) in [6.45, 7) is 4.33. The topological polar surface area (TPSA) is 40.7 Å². The maximum Gasteiger partial charge on any atom is 0.200 e. The lowest BCUT2D eigenvalue weighted by Gasteiger charge is -2.28. The number of anilines is 1. The molecule has 1 aromatic rings. The van der Waals surface area contributed by atoms with Gasteiger partial charge in [-0.25, -0.2) is 4.98 Å². The molecule has 1 aliphatic rings. The number of hydrogen-bond acceptors (Lipinski definition) is 2. The van der Waals surface area contributed by atoms with Crippen LogP contribution in [0.15, 0.2) is 6.20 Å². The summed E-state index contributed by atoms with van der Waals surface area (Å²) in [6, 6.07) is 0.624. The minimum atomic E-state index is 0.624. The maximum absolute atomic E-state index is 4.30. The van der Waals surface area contributed by atoms with Crippen LogP contribution in [0, 0.1) is 12.8 Å². The van der Waals surface area contributed by atoms with Gasteiger partial charge in [0.15, 0.2) is 0 Å². The molecule has 16 heavy (non-hydrogen) atoms. The summed E-state index contributed by atoms with van der Waals surface area (Å²) in [7, 11) is 0. The number of aromatic nitrogens is 2. The molecule has 2 rings (SSSR count). The van der Waals surface area contributed by atoms with Crippen molar-refractivity contribution < 1.29 is 0 Å². The van der Waals surface area contributed by atoms with Crippen molar-refractivity contribution in [2.45, 2.75) is 58.4 Å². The zero-order chi connectivity index (χ0) is 11.4. The van der Waals surface area contributed by atoms with E-state index >= 15 is 0 Å². The van der Waals surface area contributed by atoms with Crippen LogP contribution >= 0.6 is 0 Å². The highest BCUT2D eigenvalue weighted by Crippen LogP contribution is 2.28. The van der Waals surface area contributed by atoms with Gasteiger partial charge >= 0.3 is 0 Å². The summed E-state index contributed by atoms with van der Waals surface area (Å²) in [5.74, 6) is 1.91.